The average molecular weight is 473 g/mol. The number of halogens is 1. The van der Waals surface area contributed by atoms with Crippen molar-refractivity contribution in [3.05, 3.63) is 58.1 Å². The van der Waals surface area contributed by atoms with Crippen LogP contribution in [0.25, 0.3) is 6.08 Å². The summed E-state index contributed by atoms with van der Waals surface area (Å²) in [4.78, 5) is 50.2. The SMILES string of the molecule is CCOC(=O)COc1c(Cl)cc(/C=C2\C(=O)NC(=O)N(c3ccc(C)cc3)C2=O)cc1OC. The molecule has 1 fully saturated rings. The van der Waals surface area contributed by atoms with E-state index in [0.29, 0.717) is 11.3 Å². The Morgan fingerprint density at radius 2 is 1.85 bits per heavy atom. The predicted octanol–water partition coefficient (Wildman–Crippen LogP) is 3.27. The van der Waals surface area contributed by atoms with E-state index in [4.69, 9.17) is 25.8 Å². The van der Waals surface area contributed by atoms with Gasteiger partial charge < -0.3 is 14.2 Å². The number of esters is 1. The second-order valence-electron chi connectivity index (χ2n) is 6.92. The van der Waals surface area contributed by atoms with Crippen LogP contribution in [0, 0.1) is 6.92 Å². The summed E-state index contributed by atoms with van der Waals surface area (Å²) < 4.78 is 15.5. The molecule has 0 radical (unpaired) electrons. The van der Waals surface area contributed by atoms with Crippen molar-refractivity contribution in [1.82, 2.24) is 5.32 Å². The van der Waals surface area contributed by atoms with Crippen molar-refractivity contribution in [1.29, 1.82) is 0 Å². The van der Waals surface area contributed by atoms with E-state index in [1.165, 1.54) is 25.3 Å². The predicted molar refractivity (Wildman–Crippen MR) is 120 cm³/mol. The lowest BCUT2D eigenvalue weighted by molar-refractivity contribution is -0.145. The molecular formula is C23H21ClN2O7. The Balaban J connectivity index is 1.93. The third-order valence-electron chi connectivity index (χ3n) is 4.60. The number of carbonyl (C=O) groups is 4. The first-order valence-electron chi connectivity index (χ1n) is 9.89. The number of barbiturate groups is 1. The molecule has 1 saturated heterocycles. The van der Waals surface area contributed by atoms with E-state index in [-0.39, 0.29) is 35.3 Å². The van der Waals surface area contributed by atoms with Gasteiger partial charge in [-0.25, -0.2) is 14.5 Å². The standard InChI is InChI=1S/C23H21ClN2O7/c1-4-32-19(27)12-33-20-17(24)10-14(11-18(20)31-3)9-16-21(28)25-23(30)26(22(16)29)15-7-5-13(2)6-8-15/h5-11H,4,12H2,1-3H3,(H,25,28,30)/b16-9+. The molecule has 1 aliphatic rings. The summed E-state index contributed by atoms with van der Waals surface area (Å²) >= 11 is 6.29. The number of nitrogens with zero attached hydrogens (tertiary/aromatic N) is 1. The molecule has 4 amide bonds. The number of imide groups is 2. The summed E-state index contributed by atoms with van der Waals surface area (Å²) in [5.74, 6) is -1.93. The topological polar surface area (TPSA) is 111 Å². The number of amides is 4. The molecule has 0 aromatic heterocycles. The van der Waals surface area contributed by atoms with E-state index in [1.807, 2.05) is 6.92 Å². The molecular weight excluding hydrogens is 452 g/mol. The smallest absolute Gasteiger partial charge is 0.344 e. The summed E-state index contributed by atoms with van der Waals surface area (Å²) in [6.45, 7) is 3.37. The average Bonchev–Trinajstić information content (AvgIpc) is 2.77. The first kappa shape index (κ1) is 23.8. The summed E-state index contributed by atoms with van der Waals surface area (Å²) in [5.41, 5.74) is 1.34. The van der Waals surface area contributed by atoms with Gasteiger partial charge in [0.2, 0.25) is 0 Å². The van der Waals surface area contributed by atoms with Gasteiger partial charge in [-0.15, -0.1) is 0 Å². The lowest BCUT2D eigenvalue weighted by atomic mass is 10.1. The van der Waals surface area contributed by atoms with Gasteiger partial charge in [-0.3, -0.25) is 14.9 Å². The number of ether oxygens (including phenoxy) is 3. The minimum absolute atomic E-state index is 0.0839. The van der Waals surface area contributed by atoms with Crippen molar-refractivity contribution in [2.24, 2.45) is 0 Å². The van der Waals surface area contributed by atoms with Gasteiger partial charge in [-0.05, 0) is 49.8 Å². The van der Waals surface area contributed by atoms with Crippen LogP contribution in [0.1, 0.15) is 18.1 Å². The Labute approximate surface area is 194 Å². The van der Waals surface area contributed by atoms with Crippen molar-refractivity contribution >= 4 is 47.2 Å². The van der Waals surface area contributed by atoms with Crippen molar-refractivity contribution in [3.63, 3.8) is 0 Å². The van der Waals surface area contributed by atoms with Crippen LogP contribution in [0.5, 0.6) is 11.5 Å². The van der Waals surface area contributed by atoms with Gasteiger partial charge in [0.25, 0.3) is 11.8 Å². The number of benzene rings is 2. The Morgan fingerprint density at radius 3 is 2.48 bits per heavy atom. The summed E-state index contributed by atoms with van der Waals surface area (Å²) in [6.07, 6.45) is 1.29. The van der Waals surface area contributed by atoms with Gasteiger partial charge >= 0.3 is 12.0 Å². The fourth-order valence-electron chi connectivity index (χ4n) is 3.05. The number of hydrogen-bond donors (Lipinski definition) is 1. The van der Waals surface area contributed by atoms with Crippen LogP contribution in [-0.2, 0) is 19.1 Å². The zero-order valence-electron chi connectivity index (χ0n) is 18.1. The molecule has 0 aliphatic carbocycles. The summed E-state index contributed by atoms with van der Waals surface area (Å²) in [7, 11) is 1.37. The molecule has 9 nitrogen and oxygen atoms in total. The van der Waals surface area contributed by atoms with Gasteiger partial charge in [0.15, 0.2) is 18.1 Å². The minimum Gasteiger partial charge on any atom is -0.493 e. The van der Waals surface area contributed by atoms with Gasteiger partial charge in [0.1, 0.15) is 5.57 Å². The maximum atomic E-state index is 13.0. The van der Waals surface area contributed by atoms with E-state index in [1.54, 1.807) is 31.2 Å². The highest BCUT2D eigenvalue weighted by molar-refractivity contribution is 6.39. The number of rotatable bonds is 7. The maximum absolute atomic E-state index is 13.0. The fraction of sp³-hybridized carbons (Fsp3) is 0.217. The van der Waals surface area contributed by atoms with E-state index in [0.717, 1.165) is 10.5 Å². The Hall–Kier alpha value is -3.85. The lowest BCUT2D eigenvalue weighted by Crippen LogP contribution is -2.54. The molecule has 172 valence electrons. The van der Waals surface area contributed by atoms with Gasteiger partial charge in [0.05, 0.1) is 24.4 Å². The zero-order valence-corrected chi connectivity index (χ0v) is 18.9. The van der Waals surface area contributed by atoms with E-state index >= 15 is 0 Å². The van der Waals surface area contributed by atoms with Crippen LogP contribution in [0.2, 0.25) is 5.02 Å². The van der Waals surface area contributed by atoms with Crippen molar-refractivity contribution in [2.75, 3.05) is 25.2 Å². The summed E-state index contributed by atoms with van der Waals surface area (Å²) in [5, 5.41) is 2.25. The molecule has 1 heterocycles. The minimum atomic E-state index is -0.843. The molecule has 1 aliphatic heterocycles. The number of nitrogens with one attached hydrogen (secondary N) is 1. The number of methoxy groups -OCH3 is 1. The number of hydrogen-bond acceptors (Lipinski definition) is 7. The number of aryl methyl sites for hydroxylation is 1. The molecule has 2 aromatic rings. The zero-order chi connectivity index (χ0) is 24.1. The third kappa shape index (κ3) is 5.32. The second-order valence-corrected chi connectivity index (χ2v) is 7.33. The number of anilines is 1. The van der Waals surface area contributed by atoms with E-state index in [9.17, 15) is 19.2 Å². The molecule has 0 spiro atoms. The first-order valence-corrected chi connectivity index (χ1v) is 10.3. The highest BCUT2D eigenvalue weighted by Crippen LogP contribution is 2.37. The number of carbonyl (C=O) groups excluding carboxylic acids is 4. The van der Waals surface area contributed by atoms with Crippen LogP contribution in [-0.4, -0.2) is 44.1 Å². The van der Waals surface area contributed by atoms with Crippen LogP contribution < -0.4 is 19.7 Å². The van der Waals surface area contributed by atoms with E-state index in [2.05, 4.69) is 5.32 Å². The Bertz CT molecular complexity index is 1140. The van der Waals surface area contributed by atoms with Gasteiger partial charge in [0, 0.05) is 0 Å². The van der Waals surface area contributed by atoms with Crippen LogP contribution in [0.4, 0.5) is 10.5 Å². The highest BCUT2D eigenvalue weighted by atomic mass is 35.5. The van der Waals surface area contributed by atoms with Crippen molar-refractivity contribution in [2.45, 2.75) is 13.8 Å². The second kappa shape index (κ2) is 10.2. The lowest BCUT2D eigenvalue weighted by Gasteiger charge is -2.26. The molecule has 2 aromatic carbocycles. The molecule has 33 heavy (non-hydrogen) atoms. The van der Waals surface area contributed by atoms with Crippen LogP contribution in [0.15, 0.2) is 42.0 Å². The molecule has 3 rings (SSSR count). The largest absolute Gasteiger partial charge is 0.493 e. The normalized spacial score (nSPS) is 14.8. The summed E-state index contributed by atoms with van der Waals surface area (Å²) in [6, 6.07) is 8.78. The quantitative estimate of drug-likeness (QED) is 0.374. The number of urea groups is 1. The molecule has 0 saturated carbocycles. The van der Waals surface area contributed by atoms with Crippen LogP contribution >= 0.6 is 11.6 Å². The van der Waals surface area contributed by atoms with Crippen molar-refractivity contribution < 1.29 is 33.4 Å². The van der Waals surface area contributed by atoms with Crippen LogP contribution in [0.3, 0.4) is 0 Å². The maximum Gasteiger partial charge on any atom is 0.344 e. The Morgan fingerprint density at radius 1 is 1.15 bits per heavy atom. The fourth-order valence-corrected chi connectivity index (χ4v) is 3.32. The molecule has 1 N–H and O–H groups in total. The molecule has 0 bridgehead atoms. The first-order chi connectivity index (χ1) is 15.7. The van der Waals surface area contributed by atoms with Gasteiger partial charge in [-0.1, -0.05) is 29.3 Å². The molecule has 0 unspecified atom stereocenters. The Kier molecular flexibility index (Phi) is 7.34. The molecule has 10 heteroatoms. The molecule has 0 atom stereocenters. The third-order valence-corrected chi connectivity index (χ3v) is 4.88. The highest BCUT2D eigenvalue weighted by Gasteiger charge is 2.36. The van der Waals surface area contributed by atoms with Gasteiger partial charge in [-0.2, -0.15) is 0 Å². The van der Waals surface area contributed by atoms with Crippen molar-refractivity contribution in [3.8, 4) is 11.5 Å². The van der Waals surface area contributed by atoms with E-state index < -0.39 is 23.8 Å². The monoisotopic (exact) mass is 472 g/mol.